The zero-order valence-corrected chi connectivity index (χ0v) is 11.3. The van der Waals surface area contributed by atoms with E-state index in [1.165, 1.54) is 24.3 Å². The Hall–Kier alpha value is -2.21. The molecule has 2 aromatic carbocycles. The number of hydrogen-bond donors (Lipinski definition) is 2. The van der Waals surface area contributed by atoms with Gasteiger partial charge in [0.15, 0.2) is 0 Å². The van der Waals surface area contributed by atoms with E-state index in [-0.39, 0.29) is 16.3 Å². The number of nitrogens with one attached hydrogen (secondary N) is 1. The van der Waals surface area contributed by atoms with Gasteiger partial charge in [-0.15, -0.1) is 0 Å². The van der Waals surface area contributed by atoms with E-state index in [1.54, 1.807) is 0 Å². The first kappa shape index (κ1) is 15.2. The van der Waals surface area contributed by atoms with Crippen molar-refractivity contribution in [3.05, 3.63) is 58.6 Å². The first-order valence-electron chi connectivity index (χ1n) is 5.81. The Labute approximate surface area is 123 Å². The van der Waals surface area contributed by atoms with E-state index in [4.69, 9.17) is 17.3 Å². The summed E-state index contributed by atoms with van der Waals surface area (Å²) < 4.78 is 37.9. The highest BCUT2D eigenvalue weighted by Crippen LogP contribution is 2.33. The lowest BCUT2D eigenvalue weighted by Gasteiger charge is -2.11. The van der Waals surface area contributed by atoms with Crippen LogP contribution >= 0.6 is 11.6 Å². The molecule has 0 bridgehead atoms. The van der Waals surface area contributed by atoms with Crippen LogP contribution in [0.15, 0.2) is 42.5 Å². The topological polar surface area (TPSA) is 55.1 Å². The molecule has 7 heteroatoms. The number of nitrogens with two attached hydrogens (primary N) is 1. The van der Waals surface area contributed by atoms with Crippen LogP contribution in [0, 0.1) is 0 Å². The molecule has 0 saturated carbocycles. The molecule has 0 heterocycles. The fourth-order valence-corrected chi connectivity index (χ4v) is 1.79. The van der Waals surface area contributed by atoms with E-state index in [0.29, 0.717) is 5.69 Å². The molecule has 0 aliphatic heterocycles. The average molecular weight is 315 g/mol. The Morgan fingerprint density at radius 1 is 1.10 bits per heavy atom. The van der Waals surface area contributed by atoms with E-state index >= 15 is 0 Å². The third kappa shape index (κ3) is 3.66. The molecule has 2 rings (SSSR count). The van der Waals surface area contributed by atoms with Gasteiger partial charge in [0, 0.05) is 11.3 Å². The number of halogens is 4. The molecule has 21 heavy (non-hydrogen) atoms. The van der Waals surface area contributed by atoms with Crippen molar-refractivity contribution < 1.29 is 18.0 Å². The van der Waals surface area contributed by atoms with Gasteiger partial charge in [-0.05, 0) is 42.5 Å². The lowest BCUT2D eigenvalue weighted by Crippen LogP contribution is -2.13. The van der Waals surface area contributed by atoms with Crippen molar-refractivity contribution in [3.8, 4) is 0 Å². The number of nitrogen functional groups attached to an aromatic ring is 1. The predicted molar refractivity (Wildman–Crippen MR) is 75.3 cm³/mol. The number of alkyl halides is 3. The zero-order chi connectivity index (χ0) is 15.6. The summed E-state index contributed by atoms with van der Waals surface area (Å²) in [7, 11) is 0. The van der Waals surface area contributed by atoms with Gasteiger partial charge in [0.1, 0.15) is 0 Å². The van der Waals surface area contributed by atoms with Crippen LogP contribution in [0.3, 0.4) is 0 Å². The molecule has 0 aliphatic carbocycles. The number of rotatable bonds is 2. The lowest BCUT2D eigenvalue weighted by molar-refractivity contribution is -0.137. The highest BCUT2D eigenvalue weighted by Gasteiger charge is 2.31. The van der Waals surface area contributed by atoms with Crippen molar-refractivity contribution in [2.24, 2.45) is 0 Å². The quantitative estimate of drug-likeness (QED) is 0.816. The highest BCUT2D eigenvalue weighted by molar-refractivity contribution is 6.34. The second-order valence-electron chi connectivity index (χ2n) is 4.27. The van der Waals surface area contributed by atoms with Crippen LogP contribution in [0.2, 0.25) is 5.02 Å². The maximum absolute atomic E-state index is 12.6. The minimum Gasteiger partial charge on any atom is -0.399 e. The summed E-state index contributed by atoms with van der Waals surface area (Å²) in [6, 6.07) is 8.69. The van der Waals surface area contributed by atoms with Gasteiger partial charge in [0.25, 0.3) is 5.91 Å². The minimum absolute atomic E-state index is 0.0202. The van der Waals surface area contributed by atoms with Crippen molar-refractivity contribution in [1.82, 2.24) is 0 Å². The number of hydrogen-bond acceptors (Lipinski definition) is 2. The Morgan fingerprint density at radius 3 is 2.29 bits per heavy atom. The SMILES string of the molecule is Nc1ccc(C(=O)Nc2cc(C(F)(F)F)ccc2Cl)cc1. The summed E-state index contributed by atoms with van der Waals surface area (Å²) >= 11 is 5.80. The summed E-state index contributed by atoms with van der Waals surface area (Å²) in [5, 5.41) is 2.37. The Bertz CT molecular complexity index is 669. The summed E-state index contributed by atoms with van der Waals surface area (Å²) in [5.74, 6) is -0.573. The van der Waals surface area contributed by atoms with Crippen LogP contribution in [0.1, 0.15) is 15.9 Å². The molecule has 0 fully saturated rings. The van der Waals surface area contributed by atoms with Crippen LogP contribution in [0.5, 0.6) is 0 Å². The van der Waals surface area contributed by atoms with Crippen LogP contribution in [-0.4, -0.2) is 5.91 Å². The van der Waals surface area contributed by atoms with Gasteiger partial charge in [-0.25, -0.2) is 0 Å². The Balaban J connectivity index is 2.26. The molecular formula is C14H10ClF3N2O. The van der Waals surface area contributed by atoms with E-state index in [0.717, 1.165) is 18.2 Å². The third-order valence-electron chi connectivity index (χ3n) is 2.71. The molecule has 3 N–H and O–H groups in total. The molecule has 0 aromatic heterocycles. The van der Waals surface area contributed by atoms with Crippen molar-refractivity contribution in [2.45, 2.75) is 6.18 Å². The number of carbonyl (C=O) groups is 1. The number of carbonyl (C=O) groups excluding carboxylic acids is 1. The first-order valence-corrected chi connectivity index (χ1v) is 6.19. The molecule has 0 unspecified atom stereocenters. The standard InChI is InChI=1S/C14H10ClF3N2O/c15-11-6-3-9(14(16,17)18)7-12(11)20-13(21)8-1-4-10(19)5-2-8/h1-7H,19H2,(H,20,21). The molecule has 0 aliphatic rings. The van der Waals surface area contributed by atoms with E-state index in [1.807, 2.05) is 0 Å². The maximum Gasteiger partial charge on any atom is 0.416 e. The third-order valence-corrected chi connectivity index (χ3v) is 3.04. The molecule has 1 amide bonds. The molecule has 3 nitrogen and oxygen atoms in total. The molecule has 0 spiro atoms. The van der Waals surface area contributed by atoms with Crippen LogP contribution in [0.25, 0.3) is 0 Å². The number of amides is 1. The largest absolute Gasteiger partial charge is 0.416 e. The lowest BCUT2D eigenvalue weighted by atomic mass is 10.1. The molecule has 110 valence electrons. The van der Waals surface area contributed by atoms with Gasteiger partial charge in [0.05, 0.1) is 16.3 Å². The van der Waals surface area contributed by atoms with Crippen LogP contribution < -0.4 is 11.1 Å². The first-order chi connectivity index (χ1) is 9.77. The molecule has 0 radical (unpaired) electrons. The van der Waals surface area contributed by atoms with E-state index < -0.39 is 17.6 Å². The molecule has 0 saturated heterocycles. The summed E-state index contributed by atoms with van der Waals surface area (Å²) in [6.07, 6.45) is -4.51. The predicted octanol–water partition coefficient (Wildman–Crippen LogP) is 4.19. The molecular weight excluding hydrogens is 305 g/mol. The van der Waals surface area contributed by atoms with Gasteiger partial charge < -0.3 is 11.1 Å². The maximum atomic E-state index is 12.6. The molecule has 0 atom stereocenters. The summed E-state index contributed by atoms with van der Waals surface area (Å²) in [5.41, 5.74) is 5.24. The fraction of sp³-hybridized carbons (Fsp3) is 0.0714. The van der Waals surface area contributed by atoms with Gasteiger partial charge in [-0.3, -0.25) is 4.79 Å². The average Bonchev–Trinajstić information content (AvgIpc) is 2.40. The van der Waals surface area contributed by atoms with Crippen molar-refractivity contribution in [3.63, 3.8) is 0 Å². The summed E-state index contributed by atoms with van der Waals surface area (Å²) in [4.78, 5) is 11.9. The van der Waals surface area contributed by atoms with Gasteiger partial charge in [-0.2, -0.15) is 13.2 Å². The van der Waals surface area contributed by atoms with Crippen LogP contribution in [0.4, 0.5) is 24.5 Å². The van der Waals surface area contributed by atoms with Gasteiger partial charge >= 0.3 is 6.18 Å². The minimum atomic E-state index is -4.51. The van der Waals surface area contributed by atoms with Crippen molar-refractivity contribution >= 4 is 28.9 Å². The molecule has 2 aromatic rings. The highest BCUT2D eigenvalue weighted by atomic mass is 35.5. The fourth-order valence-electron chi connectivity index (χ4n) is 1.63. The van der Waals surface area contributed by atoms with Gasteiger partial charge in [0.2, 0.25) is 0 Å². The number of benzene rings is 2. The van der Waals surface area contributed by atoms with E-state index in [2.05, 4.69) is 5.32 Å². The second kappa shape index (κ2) is 5.65. The van der Waals surface area contributed by atoms with Crippen molar-refractivity contribution in [1.29, 1.82) is 0 Å². The summed E-state index contributed by atoms with van der Waals surface area (Å²) in [6.45, 7) is 0. The smallest absolute Gasteiger partial charge is 0.399 e. The normalized spacial score (nSPS) is 11.2. The Kier molecular flexibility index (Phi) is 4.09. The Morgan fingerprint density at radius 2 is 1.71 bits per heavy atom. The zero-order valence-electron chi connectivity index (χ0n) is 10.5. The van der Waals surface area contributed by atoms with Crippen LogP contribution in [-0.2, 0) is 6.18 Å². The monoisotopic (exact) mass is 314 g/mol. The van der Waals surface area contributed by atoms with E-state index in [9.17, 15) is 18.0 Å². The second-order valence-corrected chi connectivity index (χ2v) is 4.68. The van der Waals surface area contributed by atoms with Gasteiger partial charge in [-0.1, -0.05) is 11.6 Å². The number of anilines is 2. The van der Waals surface area contributed by atoms with Crippen molar-refractivity contribution in [2.75, 3.05) is 11.1 Å².